The van der Waals surface area contributed by atoms with Gasteiger partial charge in [0.1, 0.15) is 13.2 Å². The summed E-state index contributed by atoms with van der Waals surface area (Å²) in [6, 6.07) is 0. The van der Waals surface area contributed by atoms with E-state index in [1.54, 1.807) is 0 Å². The average molecular weight is 1070 g/mol. The van der Waals surface area contributed by atoms with Crippen molar-refractivity contribution in [2.24, 2.45) is 0 Å². The number of allylic oxidation sites excluding steroid dienone is 22. The third kappa shape index (κ3) is 62.3. The molecular weight excluding hydrogens is 949 g/mol. The molecule has 0 saturated heterocycles. The number of unbranched alkanes of at least 4 members (excludes halogenated alkanes) is 23. The van der Waals surface area contributed by atoms with E-state index < -0.39 is 6.10 Å². The van der Waals surface area contributed by atoms with Crippen LogP contribution in [0.1, 0.15) is 278 Å². The van der Waals surface area contributed by atoms with Crippen molar-refractivity contribution in [1.29, 1.82) is 0 Å². The molecule has 77 heavy (non-hydrogen) atoms. The molecule has 0 aromatic rings. The first-order valence-corrected chi connectivity index (χ1v) is 31.7. The second kappa shape index (κ2) is 64.1. The van der Waals surface area contributed by atoms with Gasteiger partial charge in [-0.05, 0) is 116 Å². The molecule has 0 aliphatic rings. The SMILES string of the molecule is CC/C=C\C/C=C\C/C=C\C/C=C\C/C=C\C/C=C\C/C=C\CCCCCCCCCCCC(=O)OCC(COC(=O)CCCCCCCCC)OC(=O)CCCCCCCCCC/C=C\C/C=C\C/C=C\C/C=C\CC. The molecule has 0 amide bonds. The van der Waals surface area contributed by atoms with Gasteiger partial charge < -0.3 is 14.2 Å². The Bertz CT molecular complexity index is 1650. The van der Waals surface area contributed by atoms with Crippen molar-refractivity contribution in [1.82, 2.24) is 0 Å². The van der Waals surface area contributed by atoms with Gasteiger partial charge in [0.05, 0.1) is 0 Å². The fraction of sp³-hybridized carbons (Fsp3) is 0.648. The van der Waals surface area contributed by atoms with E-state index in [2.05, 4.69) is 154 Å². The molecule has 0 rings (SSSR count). The molecule has 6 nitrogen and oxygen atoms in total. The lowest BCUT2D eigenvalue weighted by Gasteiger charge is -2.18. The van der Waals surface area contributed by atoms with Crippen molar-refractivity contribution in [3.63, 3.8) is 0 Å². The Morgan fingerprint density at radius 1 is 0.273 bits per heavy atom. The predicted octanol–water partition coefficient (Wildman–Crippen LogP) is 21.8. The first-order chi connectivity index (χ1) is 38.0. The van der Waals surface area contributed by atoms with Crippen LogP contribution >= 0.6 is 0 Å². The quantitative estimate of drug-likeness (QED) is 0.0261. The van der Waals surface area contributed by atoms with Crippen LogP contribution in [0.25, 0.3) is 0 Å². The van der Waals surface area contributed by atoms with Crippen LogP contribution in [0.3, 0.4) is 0 Å². The topological polar surface area (TPSA) is 78.9 Å². The number of carbonyl (C=O) groups excluding carboxylic acids is 3. The Balaban J connectivity index is 4.18. The first-order valence-electron chi connectivity index (χ1n) is 31.7. The molecule has 0 radical (unpaired) electrons. The lowest BCUT2D eigenvalue weighted by molar-refractivity contribution is -0.167. The molecule has 1 atom stereocenters. The van der Waals surface area contributed by atoms with E-state index in [1.165, 1.54) is 96.3 Å². The van der Waals surface area contributed by atoms with Gasteiger partial charge in [-0.1, -0.05) is 276 Å². The Hall–Kier alpha value is -4.45. The van der Waals surface area contributed by atoms with Crippen molar-refractivity contribution < 1.29 is 28.6 Å². The average Bonchev–Trinajstić information content (AvgIpc) is 3.43. The molecular formula is C71H116O6. The zero-order valence-corrected chi connectivity index (χ0v) is 49.9. The van der Waals surface area contributed by atoms with Crippen molar-refractivity contribution >= 4 is 17.9 Å². The van der Waals surface area contributed by atoms with Crippen molar-refractivity contribution in [2.45, 2.75) is 284 Å². The van der Waals surface area contributed by atoms with Gasteiger partial charge >= 0.3 is 17.9 Å². The normalized spacial score (nSPS) is 13.0. The minimum Gasteiger partial charge on any atom is -0.462 e. The Morgan fingerprint density at radius 3 is 0.792 bits per heavy atom. The highest BCUT2D eigenvalue weighted by Crippen LogP contribution is 2.15. The zero-order valence-electron chi connectivity index (χ0n) is 49.9. The maximum absolute atomic E-state index is 12.9. The van der Waals surface area contributed by atoms with Gasteiger partial charge in [-0.2, -0.15) is 0 Å². The molecule has 0 spiro atoms. The largest absolute Gasteiger partial charge is 0.462 e. The van der Waals surface area contributed by atoms with Gasteiger partial charge in [0.15, 0.2) is 6.10 Å². The molecule has 0 aromatic carbocycles. The molecule has 0 aromatic heterocycles. The van der Waals surface area contributed by atoms with Gasteiger partial charge in [0.25, 0.3) is 0 Å². The van der Waals surface area contributed by atoms with Crippen LogP contribution < -0.4 is 0 Å². The molecule has 436 valence electrons. The van der Waals surface area contributed by atoms with E-state index in [-0.39, 0.29) is 31.1 Å². The Morgan fingerprint density at radius 2 is 0.506 bits per heavy atom. The van der Waals surface area contributed by atoms with Gasteiger partial charge in [0.2, 0.25) is 0 Å². The molecule has 0 heterocycles. The summed E-state index contributed by atoms with van der Waals surface area (Å²) in [5.41, 5.74) is 0. The van der Waals surface area contributed by atoms with E-state index >= 15 is 0 Å². The molecule has 0 N–H and O–H groups in total. The highest BCUT2D eigenvalue weighted by molar-refractivity contribution is 5.71. The van der Waals surface area contributed by atoms with E-state index in [9.17, 15) is 14.4 Å². The standard InChI is InChI=1S/C71H116O6/c1-4-7-10-13-16-18-20-22-24-26-28-30-31-32-33-34-35-36-37-38-39-41-42-44-46-48-50-52-55-58-61-64-70(73)76-67-68(66-75-69(72)63-60-57-54-15-12-9-6-3)77-71(74)65-62-59-56-53-51-49-47-45-43-40-29-27-25-23-21-19-17-14-11-8-5-2/h7-8,10-11,16-19,22-25,28-30,32-33,35-36,38-40,68H,4-6,9,12-15,20-21,26-27,31,34,37,41-67H2,1-3H3/b10-7-,11-8-,18-16-,19-17-,24-22-,25-23-,30-28-,33-32-,36-35-,39-38-,40-29-. The molecule has 0 saturated carbocycles. The fourth-order valence-corrected chi connectivity index (χ4v) is 8.47. The first kappa shape index (κ1) is 72.5. The number of hydrogen-bond donors (Lipinski definition) is 0. The van der Waals surface area contributed by atoms with Gasteiger partial charge in [0, 0.05) is 19.3 Å². The lowest BCUT2D eigenvalue weighted by atomic mass is 10.1. The summed E-state index contributed by atoms with van der Waals surface area (Å²) in [5.74, 6) is -0.905. The molecule has 6 heteroatoms. The molecule has 1 unspecified atom stereocenters. The summed E-state index contributed by atoms with van der Waals surface area (Å²) in [4.78, 5) is 38.1. The second-order valence-electron chi connectivity index (χ2n) is 20.6. The monoisotopic (exact) mass is 1060 g/mol. The van der Waals surface area contributed by atoms with Crippen molar-refractivity contribution in [3.05, 3.63) is 134 Å². The van der Waals surface area contributed by atoms with Gasteiger partial charge in [-0.25, -0.2) is 0 Å². The lowest BCUT2D eigenvalue weighted by Crippen LogP contribution is -2.30. The number of ether oxygens (including phenoxy) is 3. The minimum atomic E-state index is -0.787. The summed E-state index contributed by atoms with van der Waals surface area (Å²) >= 11 is 0. The zero-order chi connectivity index (χ0) is 55.7. The smallest absolute Gasteiger partial charge is 0.306 e. The third-order valence-electron chi connectivity index (χ3n) is 13.2. The summed E-state index contributed by atoms with van der Waals surface area (Å²) in [7, 11) is 0. The van der Waals surface area contributed by atoms with E-state index in [0.717, 1.165) is 141 Å². The summed E-state index contributed by atoms with van der Waals surface area (Å²) in [6.45, 7) is 6.36. The van der Waals surface area contributed by atoms with Crippen LogP contribution in [0, 0.1) is 0 Å². The van der Waals surface area contributed by atoms with Crippen LogP contribution in [-0.4, -0.2) is 37.2 Å². The molecule has 0 bridgehead atoms. The van der Waals surface area contributed by atoms with Crippen LogP contribution in [0.5, 0.6) is 0 Å². The number of esters is 3. The van der Waals surface area contributed by atoms with E-state index in [0.29, 0.717) is 19.3 Å². The van der Waals surface area contributed by atoms with Gasteiger partial charge in [-0.15, -0.1) is 0 Å². The molecule has 0 aliphatic carbocycles. The van der Waals surface area contributed by atoms with Crippen LogP contribution in [-0.2, 0) is 28.6 Å². The van der Waals surface area contributed by atoms with Crippen LogP contribution in [0.15, 0.2) is 134 Å². The Labute approximate surface area is 475 Å². The number of carbonyl (C=O) groups is 3. The van der Waals surface area contributed by atoms with Crippen LogP contribution in [0.2, 0.25) is 0 Å². The summed E-state index contributed by atoms with van der Waals surface area (Å²) in [6.07, 6.45) is 90.5. The van der Waals surface area contributed by atoms with Crippen molar-refractivity contribution in [3.8, 4) is 0 Å². The number of rotatable bonds is 56. The maximum atomic E-state index is 12.9. The molecule has 0 aliphatic heterocycles. The highest BCUT2D eigenvalue weighted by Gasteiger charge is 2.19. The second-order valence-corrected chi connectivity index (χ2v) is 20.6. The summed E-state index contributed by atoms with van der Waals surface area (Å²) in [5, 5.41) is 0. The van der Waals surface area contributed by atoms with E-state index in [1.807, 2.05) is 0 Å². The van der Waals surface area contributed by atoms with Crippen molar-refractivity contribution in [2.75, 3.05) is 13.2 Å². The van der Waals surface area contributed by atoms with E-state index in [4.69, 9.17) is 14.2 Å². The number of hydrogen-bond acceptors (Lipinski definition) is 6. The summed E-state index contributed by atoms with van der Waals surface area (Å²) < 4.78 is 16.8. The molecule has 0 fully saturated rings. The third-order valence-corrected chi connectivity index (χ3v) is 13.2. The van der Waals surface area contributed by atoms with Crippen LogP contribution in [0.4, 0.5) is 0 Å². The highest BCUT2D eigenvalue weighted by atomic mass is 16.6. The minimum absolute atomic E-state index is 0.0849. The predicted molar refractivity (Wildman–Crippen MR) is 334 cm³/mol. The fourth-order valence-electron chi connectivity index (χ4n) is 8.47. The Kier molecular flexibility index (Phi) is 60.4. The van der Waals surface area contributed by atoms with Gasteiger partial charge in [-0.3, -0.25) is 14.4 Å². The maximum Gasteiger partial charge on any atom is 0.306 e.